The fraction of sp³-hybridized carbons (Fsp3) is 0.310. The summed E-state index contributed by atoms with van der Waals surface area (Å²) >= 11 is 6.59. The Bertz CT molecular complexity index is 1380. The van der Waals surface area contributed by atoms with Gasteiger partial charge in [-0.2, -0.15) is 4.98 Å². The molecule has 6 nitrogen and oxygen atoms in total. The third-order valence-electron chi connectivity index (χ3n) is 6.91. The monoisotopic (exact) mass is 503 g/mol. The van der Waals surface area contributed by atoms with Crippen LogP contribution < -0.4 is 4.74 Å². The van der Waals surface area contributed by atoms with E-state index in [0.717, 1.165) is 53.5 Å². The van der Waals surface area contributed by atoms with Gasteiger partial charge in [-0.05, 0) is 62.3 Å². The summed E-state index contributed by atoms with van der Waals surface area (Å²) in [6.07, 6.45) is 3.43. The SMILES string of the molecule is C=C(O)C1CCC(Oc2nc3nc(-c4ccc(-c5ccc(C(C)(C)O)cc5)cc4)c(Cl)cc3[nH]2)CC1. The largest absolute Gasteiger partial charge is 0.513 e. The third kappa shape index (κ3) is 5.11. The van der Waals surface area contributed by atoms with Gasteiger partial charge in [-0.15, -0.1) is 0 Å². The van der Waals surface area contributed by atoms with Crippen molar-refractivity contribution in [3.8, 4) is 28.4 Å². The van der Waals surface area contributed by atoms with Crippen LogP contribution >= 0.6 is 11.6 Å². The second kappa shape index (κ2) is 9.60. The molecule has 3 N–H and O–H groups in total. The number of fused-ring (bicyclic) bond motifs is 1. The third-order valence-corrected chi connectivity index (χ3v) is 7.20. The van der Waals surface area contributed by atoms with Crippen LogP contribution in [0.5, 0.6) is 6.01 Å². The molecule has 1 aliphatic carbocycles. The average Bonchev–Trinajstić information content (AvgIpc) is 3.24. The fourth-order valence-corrected chi connectivity index (χ4v) is 4.98. The number of pyridine rings is 1. The van der Waals surface area contributed by atoms with E-state index in [0.29, 0.717) is 22.4 Å². The normalized spacial score (nSPS) is 18.3. The van der Waals surface area contributed by atoms with E-state index in [4.69, 9.17) is 21.3 Å². The van der Waals surface area contributed by atoms with Crippen molar-refractivity contribution in [3.63, 3.8) is 0 Å². The van der Waals surface area contributed by atoms with E-state index in [9.17, 15) is 10.2 Å². The lowest BCUT2D eigenvalue weighted by atomic mass is 9.86. The predicted molar refractivity (Wildman–Crippen MR) is 143 cm³/mol. The molecular formula is C29H30ClN3O3. The lowest BCUT2D eigenvalue weighted by Gasteiger charge is -2.27. The first-order valence-electron chi connectivity index (χ1n) is 12.2. The molecule has 0 atom stereocenters. The molecule has 0 unspecified atom stereocenters. The molecule has 0 aliphatic heterocycles. The van der Waals surface area contributed by atoms with Crippen molar-refractivity contribution in [2.45, 2.75) is 51.2 Å². The van der Waals surface area contributed by atoms with Crippen molar-refractivity contribution in [1.82, 2.24) is 15.0 Å². The molecule has 0 bridgehead atoms. The van der Waals surface area contributed by atoms with Crippen LogP contribution in [-0.2, 0) is 5.60 Å². The van der Waals surface area contributed by atoms with Crippen molar-refractivity contribution in [2.24, 2.45) is 5.92 Å². The molecular weight excluding hydrogens is 474 g/mol. The second-order valence-corrected chi connectivity index (χ2v) is 10.4. The Morgan fingerprint density at radius 1 is 0.972 bits per heavy atom. The minimum Gasteiger partial charge on any atom is -0.513 e. The number of hydrogen-bond donors (Lipinski definition) is 3. The van der Waals surface area contributed by atoms with Crippen LogP contribution in [0, 0.1) is 5.92 Å². The van der Waals surface area contributed by atoms with E-state index in [-0.39, 0.29) is 17.8 Å². The Kier molecular flexibility index (Phi) is 6.49. The molecule has 1 fully saturated rings. The number of imidazole rings is 1. The van der Waals surface area contributed by atoms with Gasteiger partial charge in [0, 0.05) is 11.5 Å². The number of benzene rings is 2. The Morgan fingerprint density at radius 3 is 2.14 bits per heavy atom. The molecule has 1 aliphatic rings. The zero-order valence-corrected chi connectivity index (χ0v) is 21.2. The number of hydrogen-bond acceptors (Lipinski definition) is 5. The van der Waals surface area contributed by atoms with Crippen LogP contribution in [0.15, 0.2) is 66.9 Å². The molecule has 5 rings (SSSR count). The fourth-order valence-electron chi connectivity index (χ4n) is 4.72. The number of aromatic amines is 1. The minimum absolute atomic E-state index is 0.0427. The maximum atomic E-state index is 10.2. The molecule has 2 aromatic carbocycles. The summed E-state index contributed by atoms with van der Waals surface area (Å²) in [7, 11) is 0. The molecule has 1 saturated carbocycles. The molecule has 7 heteroatoms. The van der Waals surface area contributed by atoms with Crippen molar-refractivity contribution >= 4 is 22.8 Å². The lowest BCUT2D eigenvalue weighted by Crippen LogP contribution is -2.25. The molecule has 4 aromatic rings. The predicted octanol–water partition coefficient (Wildman–Crippen LogP) is 7.18. The van der Waals surface area contributed by atoms with Crippen LogP contribution in [0.3, 0.4) is 0 Å². The Labute approximate surface area is 215 Å². The number of aromatic nitrogens is 3. The number of allylic oxidation sites excluding steroid dienone is 1. The number of aliphatic hydroxyl groups excluding tert-OH is 1. The van der Waals surface area contributed by atoms with Crippen molar-refractivity contribution < 1.29 is 14.9 Å². The summed E-state index contributed by atoms with van der Waals surface area (Å²) in [6, 6.07) is 18.2. The summed E-state index contributed by atoms with van der Waals surface area (Å²) in [4.78, 5) is 12.4. The zero-order chi connectivity index (χ0) is 25.4. The van der Waals surface area contributed by atoms with Gasteiger partial charge >= 0.3 is 0 Å². The van der Waals surface area contributed by atoms with Gasteiger partial charge < -0.3 is 19.9 Å². The van der Waals surface area contributed by atoms with E-state index < -0.39 is 5.60 Å². The molecule has 0 saturated heterocycles. The molecule has 0 radical (unpaired) electrons. The van der Waals surface area contributed by atoms with Gasteiger partial charge in [0.15, 0.2) is 5.65 Å². The lowest BCUT2D eigenvalue weighted by molar-refractivity contribution is 0.0786. The number of nitrogens with zero attached hydrogens (tertiary/aromatic N) is 2. The molecule has 0 amide bonds. The van der Waals surface area contributed by atoms with Gasteiger partial charge in [0.1, 0.15) is 6.10 Å². The van der Waals surface area contributed by atoms with E-state index >= 15 is 0 Å². The van der Waals surface area contributed by atoms with Gasteiger partial charge in [-0.3, -0.25) is 0 Å². The molecule has 36 heavy (non-hydrogen) atoms. The maximum absolute atomic E-state index is 10.2. The summed E-state index contributed by atoms with van der Waals surface area (Å²) in [6.45, 7) is 7.21. The van der Waals surface area contributed by atoms with Gasteiger partial charge in [-0.1, -0.05) is 66.7 Å². The summed E-state index contributed by atoms with van der Waals surface area (Å²) < 4.78 is 6.07. The molecule has 2 aromatic heterocycles. The van der Waals surface area contributed by atoms with Crippen molar-refractivity contribution in [2.75, 3.05) is 0 Å². The first-order valence-corrected chi connectivity index (χ1v) is 12.6. The highest BCUT2D eigenvalue weighted by Gasteiger charge is 2.25. The summed E-state index contributed by atoms with van der Waals surface area (Å²) in [5, 5.41) is 20.3. The van der Waals surface area contributed by atoms with Crippen LogP contribution in [0.2, 0.25) is 5.02 Å². The van der Waals surface area contributed by atoms with Crippen molar-refractivity contribution in [3.05, 3.63) is 77.5 Å². The van der Waals surface area contributed by atoms with E-state index in [1.165, 1.54) is 0 Å². The summed E-state index contributed by atoms with van der Waals surface area (Å²) in [5.41, 5.74) is 4.96. The molecule has 186 valence electrons. The summed E-state index contributed by atoms with van der Waals surface area (Å²) in [5.74, 6) is 0.419. The van der Waals surface area contributed by atoms with Gasteiger partial charge in [0.25, 0.3) is 6.01 Å². The van der Waals surface area contributed by atoms with Crippen LogP contribution in [-0.4, -0.2) is 31.3 Å². The highest BCUT2D eigenvalue weighted by atomic mass is 35.5. The standard InChI is InChI=1S/C29H30ClN3O3/c1-17(34)18-10-14-23(15-11-18)36-28-31-25-16-24(30)26(32-27(25)33-28)21-6-4-19(5-7-21)20-8-12-22(13-9-20)29(2,3)35/h4-9,12-13,16,18,23,34-35H,1,10-11,14-15H2,2-3H3,(H,31,32,33). The van der Waals surface area contributed by atoms with E-state index in [1.54, 1.807) is 13.8 Å². The quantitative estimate of drug-likeness (QED) is 0.242. The highest BCUT2D eigenvalue weighted by Crippen LogP contribution is 2.33. The minimum atomic E-state index is -0.865. The van der Waals surface area contributed by atoms with Gasteiger partial charge in [-0.25, -0.2) is 4.98 Å². The van der Waals surface area contributed by atoms with Crippen molar-refractivity contribution in [1.29, 1.82) is 0 Å². The Hall–Kier alpha value is -3.35. The topological polar surface area (TPSA) is 91.3 Å². The zero-order valence-electron chi connectivity index (χ0n) is 20.5. The Balaban J connectivity index is 1.33. The number of aliphatic hydroxyl groups is 2. The maximum Gasteiger partial charge on any atom is 0.296 e. The van der Waals surface area contributed by atoms with Gasteiger partial charge in [0.05, 0.1) is 27.6 Å². The second-order valence-electron chi connectivity index (χ2n) is 10.0. The van der Waals surface area contributed by atoms with E-state index in [1.807, 2.05) is 54.6 Å². The number of nitrogens with one attached hydrogen (secondary N) is 1. The van der Waals surface area contributed by atoms with E-state index in [2.05, 4.69) is 16.5 Å². The van der Waals surface area contributed by atoms with Crippen LogP contribution in [0.25, 0.3) is 33.5 Å². The Morgan fingerprint density at radius 2 is 1.56 bits per heavy atom. The highest BCUT2D eigenvalue weighted by molar-refractivity contribution is 6.33. The van der Waals surface area contributed by atoms with Crippen LogP contribution in [0.4, 0.5) is 0 Å². The smallest absolute Gasteiger partial charge is 0.296 e. The number of ether oxygens (including phenoxy) is 1. The average molecular weight is 504 g/mol. The number of halogens is 1. The molecule has 2 heterocycles. The molecule has 0 spiro atoms. The number of rotatable bonds is 6. The first kappa shape index (κ1) is 24.3. The first-order chi connectivity index (χ1) is 17.2. The number of H-pyrrole nitrogens is 1. The van der Waals surface area contributed by atoms with Crippen LogP contribution in [0.1, 0.15) is 45.1 Å². The van der Waals surface area contributed by atoms with Gasteiger partial charge in [0.2, 0.25) is 0 Å².